The van der Waals surface area contributed by atoms with Crippen LogP contribution < -0.4 is 0 Å². The molecule has 1 aliphatic carbocycles. The van der Waals surface area contributed by atoms with Crippen molar-refractivity contribution in [2.24, 2.45) is 0 Å². The van der Waals surface area contributed by atoms with Gasteiger partial charge in [-0.2, -0.15) is 0 Å². The standard InChI is InChI=1S/C10H6.Ru/c1-8-6-7-9-4-2-3-5-10(8)9;/h2-7H;. The first-order valence-corrected chi connectivity index (χ1v) is 3.24. The van der Waals surface area contributed by atoms with Crippen LogP contribution in [0.5, 0.6) is 0 Å². The molecule has 0 amide bonds. The molecule has 0 saturated heterocycles. The minimum absolute atomic E-state index is 0. The number of rotatable bonds is 0. The summed E-state index contributed by atoms with van der Waals surface area (Å²) in [4.78, 5) is 0. The Hall–Kier alpha value is -0.677. The fourth-order valence-electron chi connectivity index (χ4n) is 1.15. The van der Waals surface area contributed by atoms with E-state index in [0.717, 1.165) is 11.1 Å². The molecule has 2 radical (unpaired) electrons. The fourth-order valence-corrected chi connectivity index (χ4v) is 1.15. The fraction of sp³-hybridized carbons (Fsp3) is 0. The van der Waals surface area contributed by atoms with E-state index in [9.17, 15) is 0 Å². The molecule has 0 atom stereocenters. The van der Waals surface area contributed by atoms with Crippen LogP contribution in [0, 0.1) is 6.58 Å². The normalized spacial score (nSPS) is 12.5. The first kappa shape index (κ1) is 8.42. The van der Waals surface area contributed by atoms with Crippen molar-refractivity contribution >= 4 is 11.6 Å². The largest absolute Gasteiger partial charge is 0.0616 e. The summed E-state index contributed by atoms with van der Waals surface area (Å²) in [5.41, 5.74) is 2.82. The number of allylic oxidation sites excluding steroid dienone is 2. The smallest absolute Gasteiger partial charge is 0 e. The average molecular weight is 227 g/mol. The van der Waals surface area contributed by atoms with Gasteiger partial charge in [-0.05, 0) is 23.3 Å². The van der Waals surface area contributed by atoms with Crippen molar-refractivity contribution in [2.45, 2.75) is 0 Å². The van der Waals surface area contributed by atoms with E-state index in [1.165, 1.54) is 0 Å². The molecule has 1 aliphatic rings. The van der Waals surface area contributed by atoms with Crippen LogP contribution in [-0.4, -0.2) is 0 Å². The van der Waals surface area contributed by atoms with E-state index in [1.807, 2.05) is 36.4 Å². The summed E-state index contributed by atoms with van der Waals surface area (Å²) in [7, 11) is 0. The zero-order valence-corrected chi connectivity index (χ0v) is 7.56. The van der Waals surface area contributed by atoms with Crippen LogP contribution in [0.1, 0.15) is 11.1 Å². The number of hydrogen-bond acceptors (Lipinski definition) is 0. The summed E-state index contributed by atoms with van der Waals surface area (Å²) in [5.74, 6) is 0. The Balaban J connectivity index is 0.000000605. The minimum Gasteiger partial charge on any atom is -0.0616 e. The summed E-state index contributed by atoms with van der Waals surface area (Å²) in [6.45, 7) is 7.44. The van der Waals surface area contributed by atoms with Crippen LogP contribution in [0.2, 0.25) is 0 Å². The quantitative estimate of drug-likeness (QED) is 0.597. The monoisotopic (exact) mass is 228 g/mol. The summed E-state index contributed by atoms with van der Waals surface area (Å²) in [5, 5.41) is 0. The summed E-state index contributed by atoms with van der Waals surface area (Å²) in [6, 6.07) is 7.94. The molecule has 2 rings (SSSR count). The van der Waals surface area contributed by atoms with Gasteiger partial charge in [0.2, 0.25) is 0 Å². The zero-order chi connectivity index (χ0) is 6.97. The molecule has 0 aromatic heterocycles. The second-order valence-electron chi connectivity index (χ2n) is 2.33. The van der Waals surface area contributed by atoms with Crippen molar-refractivity contribution in [1.29, 1.82) is 0 Å². The van der Waals surface area contributed by atoms with E-state index in [2.05, 4.69) is 0 Å². The first-order valence-electron chi connectivity index (χ1n) is 3.24. The third-order valence-corrected chi connectivity index (χ3v) is 1.68. The Morgan fingerprint density at radius 1 is 1.00 bits per heavy atom. The average Bonchev–Trinajstić information content (AvgIpc) is 2.34. The SMILES string of the molecule is [C]=C1C=Cc2ccccc21.[Ru]. The molecule has 0 N–H and O–H groups in total. The van der Waals surface area contributed by atoms with Crippen LogP contribution in [0.3, 0.4) is 0 Å². The Morgan fingerprint density at radius 2 is 1.73 bits per heavy atom. The van der Waals surface area contributed by atoms with E-state index in [0.29, 0.717) is 5.57 Å². The Labute approximate surface area is 79.4 Å². The molecule has 1 aromatic rings. The molecule has 0 aliphatic heterocycles. The minimum atomic E-state index is 0. The molecule has 0 saturated carbocycles. The second kappa shape index (κ2) is 3.15. The maximum atomic E-state index is 7.44. The first-order chi connectivity index (χ1) is 4.88. The Morgan fingerprint density at radius 3 is 2.45 bits per heavy atom. The Bertz CT molecular complexity index is 310. The predicted molar refractivity (Wildman–Crippen MR) is 42.1 cm³/mol. The molecular weight excluding hydrogens is 221 g/mol. The molecule has 0 nitrogen and oxygen atoms in total. The Kier molecular flexibility index (Phi) is 2.41. The van der Waals surface area contributed by atoms with Crippen LogP contribution in [-0.2, 0) is 19.5 Å². The molecule has 1 heteroatoms. The van der Waals surface area contributed by atoms with Gasteiger partial charge >= 0.3 is 0 Å². The molecule has 0 fully saturated rings. The van der Waals surface area contributed by atoms with E-state index in [-0.39, 0.29) is 19.5 Å². The van der Waals surface area contributed by atoms with Crippen molar-refractivity contribution in [3.63, 3.8) is 0 Å². The molecule has 1 aromatic carbocycles. The van der Waals surface area contributed by atoms with Gasteiger partial charge in [0, 0.05) is 19.5 Å². The van der Waals surface area contributed by atoms with Gasteiger partial charge in [0.05, 0.1) is 0 Å². The topological polar surface area (TPSA) is 0 Å². The van der Waals surface area contributed by atoms with Crippen LogP contribution in [0.15, 0.2) is 30.3 Å². The van der Waals surface area contributed by atoms with Crippen molar-refractivity contribution in [3.05, 3.63) is 48.0 Å². The van der Waals surface area contributed by atoms with Gasteiger partial charge in [0.25, 0.3) is 0 Å². The van der Waals surface area contributed by atoms with Crippen molar-refractivity contribution in [3.8, 4) is 0 Å². The third kappa shape index (κ3) is 1.34. The van der Waals surface area contributed by atoms with Gasteiger partial charge in [-0.15, -0.1) is 0 Å². The third-order valence-electron chi connectivity index (χ3n) is 1.68. The molecule has 0 bridgehead atoms. The van der Waals surface area contributed by atoms with E-state index in [4.69, 9.17) is 6.58 Å². The summed E-state index contributed by atoms with van der Waals surface area (Å²) < 4.78 is 0. The van der Waals surface area contributed by atoms with Gasteiger partial charge in [-0.3, -0.25) is 0 Å². The molecule has 11 heavy (non-hydrogen) atoms. The molecule has 0 spiro atoms. The van der Waals surface area contributed by atoms with Gasteiger partial charge in [-0.1, -0.05) is 36.4 Å². The number of hydrogen-bond donors (Lipinski definition) is 0. The molecule has 54 valence electrons. The van der Waals surface area contributed by atoms with Crippen LogP contribution >= 0.6 is 0 Å². The van der Waals surface area contributed by atoms with Gasteiger partial charge in [0.1, 0.15) is 0 Å². The number of fused-ring (bicyclic) bond motifs is 1. The maximum absolute atomic E-state index is 7.44. The summed E-state index contributed by atoms with van der Waals surface area (Å²) in [6.07, 6.45) is 3.79. The molecular formula is C10H6Ru. The van der Waals surface area contributed by atoms with E-state index >= 15 is 0 Å². The maximum Gasteiger partial charge on any atom is 0 e. The molecule has 0 unspecified atom stereocenters. The number of benzene rings is 1. The van der Waals surface area contributed by atoms with Gasteiger partial charge < -0.3 is 0 Å². The zero-order valence-electron chi connectivity index (χ0n) is 5.82. The predicted octanol–water partition coefficient (Wildman–Crippen LogP) is 2.40. The van der Waals surface area contributed by atoms with Gasteiger partial charge in [0.15, 0.2) is 0 Å². The summed E-state index contributed by atoms with van der Waals surface area (Å²) >= 11 is 0. The van der Waals surface area contributed by atoms with Crippen LogP contribution in [0.4, 0.5) is 0 Å². The molecule has 0 heterocycles. The van der Waals surface area contributed by atoms with Crippen molar-refractivity contribution < 1.29 is 19.5 Å². The van der Waals surface area contributed by atoms with E-state index in [1.54, 1.807) is 0 Å². The van der Waals surface area contributed by atoms with Crippen LogP contribution in [0.25, 0.3) is 11.6 Å². The van der Waals surface area contributed by atoms with Crippen molar-refractivity contribution in [2.75, 3.05) is 0 Å². The van der Waals surface area contributed by atoms with E-state index < -0.39 is 0 Å². The van der Waals surface area contributed by atoms with Gasteiger partial charge in [-0.25, -0.2) is 0 Å². The van der Waals surface area contributed by atoms with Crippen molar-refractivity contribution in [1.82, 2.24) is 0 Å². The second-order valence-corrected chi connectivity index (χ2v) is 2.33.